The number of imide groups is 1. The van der Waals surface area contributed by atoms with E-state index >= 15 is 0 Å². The molecule has 0 aliphatic carbocycles. The molecule has 0 saturated carbocycles. The summed E-state index contributed by atoms with van der Waals surface area (Å²) >= 11 is 0. The molecule has 1 fully saturated rings. The van der Waals surface area contributed by atoms with E-state index in [0.717, 1.165) is 16.0 Å². The van der Waals surface area contributed by atoms with Crippen molar-refractivity contribution >= 4 is 44.3 Å². The summed E-state index contributed by atoms with van der Waals surface area (Å²) in [6.45, 7) is 0. The van der Waals surface area contributed by atoms with Crippen LogP contribution in [0.3, 0.4) is 0 Å². The number of benzene rings is 3. The van der Waals surface area contributed by atoms with Crippen molar-refractivity contribution in [2.45, 2.75) is 12.5 Å². The van der Waals surface area contributed by atoms with Crippen molar-refractivity contribution in [1.82, 2.24) is 14.7 Å². The van der Waals surface area contributed by atoms with Gasteiger partial charge < -0.3 is 9.15 Å². The zero-order valence-corrected chi connectivity index (χ0v) is 25.4. The third-order valence-corrected chi connectivity index (χ3v) is 9.92. The Balaban J connectivity index is 1.47. The molecule has 1 saturated heterocycles. The molecular weight excluding hydrogens is 604 g/mol. The van der Waals surface area contributed by atoms with Gasteiger partial charge in [-0.15, -0.1) is 0 Å². The van der Waals surface area contributed by atoms with E-state index < -0.39 is 27.7 Å². The number of rotatable bonds is 6. The number of amides is 2. The van der Waals surface area contributed by atoms with E-state index in [4.69, 9.17) is 14.3 Å². The molecule has 7 rings (SSSR count). The predicted octanol–water partition coefficient (Wildman–Crippen LogP) is 5.21. The summed E-state index contributed by atoms with van der Waals surface area (Å²) in [5.41, 5.74) is 2.64. The normalized spacial score (nSPS) is 18.8. The minimum atomic E-state index is -3.45. The zero-order chi connectivity index (χ0) is 32.0. The van der Waals surface area contributed by atoms with Crippen molar-refractivity contribution in [3.63, 3.8) is 0 Å². The number of nitriles is 1. The number of methoxy groups -OCH3 is 1. The van der Waals surface area contributed by atoms with Gasteiger partial charge in [0.25, 0.3) is 11.8 Å². The lowest BCUT2D eigenvalue weighted by atomic mass is 9.86. The fraction of sp³-hybridized carbons (Fsp3) is 0.143. The maximum absolute atomic E-state index is 14.4. The third kappa shape index (κ3) is 4.98. The molecule has 10 nitrogen and oxygen atoms in total. The second kappa shape index (κ2) is 11.3. The summed E-state index contributed by atoms with van der Waals surface area (Å²) in [6.07, 6.45) is 3.44. The van der Waals surface area contributed by atoms with Gasteiger partial charge in [-0.1, -0.05) is 60.7 Å². The zero-order valence-electron chi connectivity index (χ0n) is 24.6. The van der Waals surface area contributed by atoms with E-state index in [-0.39, 0.29) is 34.6 Å². The first-order valence-corrected chi connectivity index (χ1v) is 16.3. The van der Waals surface area contributed by atoms with Gasteiger partial charge in [-0.05, 0) is 42.3 Å². The fourth-order valence-corrected chi connectivity index (χ4v) is 7.71. The van der Waals surface area contributed by atoms with Crippen LogP contribution in [0.2, 0.25) is 0 Å². The quantitative estimate of drug-likeness (QED) is 0.184. The van der Waals surface area contributed by atoms with Crippen molar-refractivity contribution in [2.24, 2.45) is 0 Å². The molecular formula is C35H26N4O6S. The lowest BCUT2D eigenvalue weighted by Gasteiger charge is -2.32. The Hall–Kier alpha value is -5.73. The average Bonchev–Trinajstić information content (AvgIpc) is 3.79. The minimum absolute atomic E-state index is 0.0641. The van der Waals surface area contributed by atoms with Gasteiger partial charge in [0, 0.05) is 22.7 Å². The van der Waals surface area contributed by atoms with E-state index in [0.29, 0.717) is 33.9 Å². The number of fused-ring (bicyclic) bond motifs is 1. The molecule has 2 amide bonds. The number of para-hydroxylation sites is 2. The summed E-state index contributed by atoms with van der Waals surface area (Å²) in [6, 6.07) is 26.6. The van der Waals surface area contributed by atoms with E-state index in [1.54, 1.807) is 60.5 Å². The van der Waals surface area contributed by atoms with Gasteiger partial charge in [0.2, 0.25) is 0 Å². The van der Waals surface area contributed by atoms with Crippen molar-refractivity contribution in [1.29, 1.82) is 5.26 Å². The van der Waals surface area contributed by atoms with Gasteiger partial charge >= 0.3 is 0 Å². The summed E-state index contributed by atoms with van der Waals surface area (Å²) < 4.78 is 38.2. The molecule has 2 aliphatic rings. The summed E-state index contributed by atoms with van der Waals surface area (Å²) in [7, 11) is -1.89. The number of aromatic nitrogens is 2. The number of furan rings is 1. The number of carbonyl (C=O) groups is 2. The summed E-state index contributed by atoms with van der Waals surface area (Å²) in [5, 5.41) is 15.9. The lowest BCUT2D eigenvalue weighted by molar-refractivity contribution is -0.142. The molecule has 1 atom stereocenters. The molecule has 0 N–H and O–H groups in total. The highest BCUT2D eigenvalue weighted by Gasteiger charge is 2.45. The lowest BCUT2D eigenvalue weighted by Crippen LogP contribution is -2.49. The van der Waals surface area contributed by atoms with Gasteiger partial charge in [0.05, 0.1) is 35.9 Å². The second-order valence-electron chi connectivity index (χ2n) is 11.0. The molecule has 0 radical (unpaired) electrons. The van der Waals surface area contributed by atoms with Crippen LogP contribution in [0.5, 0.6) is 5.75 Å². The first-order valence-electron chi connectivity index (χ1n) is 14.5. The topological polar surface area (TPSA) is 136 Å². The third-order valence-electron chi connectivity index (χ3n) is 8.17. The number of ether oxygens (including phenoxy) is 1. The molecule has 46 heavy (non-hydrogen) atoms. The van der Waals surface area contributed by atoms with Crippen LogP contribution in [0.4, 0.5) is 0 Å². The number of carbonyl (C=O) groups excluding carboxylic acids is 2. The monoisotopic (exact) mass is 630 g/mol. The van der Waals surface area contributed by atoms with Crippen LogP contribution in [-0.4, -0.2) is 59.6 Å². The van der Waals surface area contributed by atoms with Gasteiger partial charge in [0.1, 0.15) is 17.3 Å². The Kier molecular flexibility index (Phi) is 7.14. The molecule has 11 heteroatoms. The Morgan fingerprint density at radius 2 is 1.74 bits per heavy atom. The van der Waals surface area contributed by atoms with Crippen molar-refractivity contribution in [3.05, 3.63) is 113 Å². The Morgan fingerprint density at radius 3 is 2.41 bits per heavy atom. The molecule has 2 aliphatic heterocycles. The molecule has 0 bridgehead atoms. The van der Waals surface area contributed by atoms with E-state index in [2.05, 4.69) is 0 Å². The standard InChI is InChI=1S/C35H26N4O6S/c1-44-29-14-8-11-23-18-30(45-33(23)29)32-24(20-38(37-32)25-12-6-3-7-13-25)17-27-31(22-9-4-2-5-10-22)28(19-36)35(41)39(34(27)40)26-15-16-46(42,43)21-26/h2-14,17-18,20,26H,15-16,21H2,1H3/b27-17-. The molecule has 5 aromatic rings. The molecule has 0 spiro atoms. The molecule has 2 aromatic heterocycles. The van der Waals surface area contributed by atoms with Crippen molar-refractivity contribution in [3.8, 4) is 29.0 Å². The van der Waals surface area contributed by atoms with Crippen LogP contribution in [0.1, 0.15) is 17.5 Å². The first kappa shape index (κ1) is 29.0. The Labute approximate surface area is 264 Å². The molecule has 1 unspecified atom stereocenters. The SMILES string of the molecule is COc1cccc2cc(-c3nn(-c4ccccc4)cc3/C=C3\C(=O)N(C4CCS(=O)(=O)C4)C(=O)C(C#N)=C3c3ccccc3)oc12. The largest absolute Gasteiger partial charge is 0.493 e. The van der Waals surface area contributed by atoms with E-state index in [1.165, 1.54) is 0 Å². The molecule has 228 valence electrons. The van der Waals surface area contributed by atoms with Gasteiger partial charge in [0.15, 0.2) is 26.9 Å². The second-order valence-corrected chi connectivity index (χ2v) is 13.3. The highest BCUT2D eigenvalue weighted by atomic mass is 32.2. The number of hydrogen-bond donors (Lipinski definition) is 0. The maximum Gasteiger partial charge on any atom is 0.272 e. The van der Waals surface area contributed by atoms with Crippen LogP contribution < -0.4 is 4.74 Å². The minimum Gasteiger partial charge on any atom is -0.493 e. The van der Waals surface area contributed by atoms with Crippen LogP contribution in [0, 0.1) is 11.3 Å². The van der Waals surface area contributed by atoms with Gasteiger partial charge in [-0.2, -0.15) is 10.4 Å². The summed E-state index contributed by atoms with van der Waals surface area (Å²) in [5.74, 6) is -1.04. The smallest absolute Gasteiger partial charge is 0.272 e. The number of hydrogen-bond acceptors (Lipinski definition) is 8. The van der Waals surface area contributed by atoms with Crippen LogP contribution >= 0.6 is 0 Å². The molecule has 3 aromatic carbocycles. The highest BCUT2D eigenvalue weighted by molar-refractivity contribution is 7.91. The Bertz CT molecular complexity index is 2240. The van der Waals surface area contributed by atoms with E-state index in [9.17, 15) is 23.3 Å². The van der Waals surface area contributed by atoms with Crippen molar-refractivity contribution < 1.29 is 27.2 Å². The average molecular weight is 631 g/mol. The van der Waals surface area contributed by atoms with Crippen LogP contribution in [0.25, 0.3) is 39.8 Å². The predicted molar refractivity (Wildman–Crippen MR) is 171 cm³/mol. The van der Waals surface area contributed by atoms with Gasteiger partial charge in [-0.3, -0.25) is 14.5 Å². The van der Waals surface area contributed by atoms with Crippen molar-refractivity contribution in [2.75, 3.05) is 18.6 Å². The van der Waals surface area contributed by atoms with Crippen LogP contribution in [-0.2, 0) is 19.4 Å². The first-order chi connectivity index (χ1) is 22.3. The van der Waals surface area contributed by atoms with Gasteiger partial charge in [-0.25, -0.2) is 13.1 Å². The van der Waals surface area contributed by atoms with Crippen LogP contribution in [0.15, 0.2) is 107 Å². The fourth-order valence-electron chi connectivity index (χ4n) is 6.01. The van der Waals surface area contributed by atoms with E-state index in [1.807, 2.05) is 54.6 Å². The number of nitrogens with zero attached hydrogens (tertiary/aromatic N) is 4. The number of sulfone groups is 1. The molecule has 4 heterocycles. The highest BCUT2D eigenvalue weighted by Crippen LogP contribution is 2.39. The maximum atomic E-state index is 14.4. The Morgan fingerprint density at radius 1 is 1.00 bits per heavy atom. The summed E-state index contributed by atoms with van der Waals surface area (Å²) in [4.78, 5) is 29.0.